The molecule has 256 valence electrons. The molecule has 1 N–H and O–H groups in total. The number of carbonyl (C=O) groups excluding carboxylic acids is 1. The lowest BCUT2D eigenvalue weighted by Gasteiger charge is -2.35. The normalized spacial score (nSPS) is 28.7. The number of aliphatic imine (C=N–C) groups is 1. The molecule has 0 aromatic rings. The van der Waals surface area contributed by atoms with Crippen molar-refractivity contribution in [3.63, 3.8) is 0 Å². The van der Waals surface area contributed by atoms with Crippen LogP contribution in [0.15, 0.2) is 15.2 Å². The van der Waals surface area contributed by atoms with E-state index in [0.29, 0.717) is 10.0 Å². The molecule has 10 nitrogen and oxygen atoms in total. The van der Waals surface area contributed by atoms with E-state index >= 15 is 0 Å². The lowest BCUT2D eigenvalue weighted by molar-refractivity contribution is -0.382. The number of hydrogen-bond donors (Lipinski definition) is 1. The van der Waals surface area contributed by atoms with E-state index in [-0.39, 0.29) is 24.2 Å². The van der Waals surface area contributed by atoms with Crippen LogP contribution in [0.5, 0.6) is 0 Å². The first kappa shape index (κ1) is 35.1. The van der Waals surface area contributed by atoms with Gasteiger partial charge in [-0.3, -0.25) is 19.8 Å². The molecule has 0 saturated heterocycles. The van der Waals surface area contributed by atoms with E-state index in [4.69, 9.17) is 11.6 Å². The lowest BCUT2D eigenvalue weighted by atomic mass is 9.83. The summed E-state index contributed by atoms with van der Waals surface area (Å²) in [6, 6.07) is -0.0179. The second kappa shape index (κ2) is 11.2. The molecule has 5 atom stereocenters. The van der Waals surface area contributed by atoms with Gasteiger partial charge in [0.05, 0.1) is 5.92 Å². The molecule has 0 aromatic carbocycles. The average molecular weight is 717 g/mol. The lowest BCUT2D eigenvalue weighted by Crippen LogP contribution is -2.63. The molecule has 0 spiro atoms. The molecular weight excluding hydrogens is 696 g/mol. The first-order valence-electron chi connectivity index (χ1n) is 12.7. The number of nitrogens with one attached hydrogen (secondary N) is 1. The third-order valence-electron chi connectivity index (χ3n) is 7.44. The maximum absolute atomic E-state index is 14.1. The smallest absolute Gasteiger partial charge is 0.360 e. The van der Waals surface area contributed by atoms with Gasteiger partial charge in [-0.05, 0) is 25.2 Å². The van der Waals surface area contributed by atoms with Crippen LogP contribution < -0.4 is 5.32 Å². The van der Waals surface area contributed by atoms with Crippen molar-refractivity contribution in [2.24, 2.45) is 38.9 Å². The summed E-state index contributed by atoms with van der Waals surface area (Å²) in [6.45, 7) is -0.368. The first-order chi connectivity index (χ1) is 20.3. The van der Waals surface area contributed by atoms with Crippen LogP contribution >= 0.6 is 11.6 Å². The Hall–Kier alpha value is -2.72. The zero-order chi connectivity index (χ0) is 34.1. The van der Waals surface area contributed by atoms with Gasteiger partial charge in [0.25, 0.3) is 0 Å². The third-order valence-corrected chi connectivity index (χ3v) is 9.10. The highest BCUT2D eigenvalue weighted by molar-refractivity contribution is 7.88. The molecule has 4 aliphatic rings. The van der Waals surface area contributed by atoms with Crippen LogP contribution in [0, 0.1) is 23.7 Å². The van der Waals surface area contributed by atoms with Crippen molar-refractivity contribution in [2.45, 2.75) is 60.9 Å². The summed E-state index contributed by atoms with van der Waals surface area (Å²) in [7, 11) is -6.96. The van der Waals surface area contributed by atoms with Crippen LogP contribution in [0.3, 0.4) is 0 Å². The number of hydrogen-bond acceptors (Lipinski definition) is 9. The Morgan fingerprint density at radius 3 is 2.16 bits per heavy atom. The van der Waals surface area contributed by atoms with Gasteiger partial charge in [-0.1, -0.05) is 11.6 Å². The predicted molar refractivity (Wildman–Crippen MR) is 129 cm³/mol. The molecule has 24 heteroatoms. The summed E-state index contributed by atoms with van der Waals surface area (Å²) >= 11 is 6.09. The van der Waals surface area contributed by atoms with Crippen molar-refractivity contribution in [1.29, 1.82) is 0 Å². The van der Waals surface area contributed by atoms with Gasteiger partial charge in [-0.15, -0.1) is 5.10 Å². The van der Waals surface area contributed by atoms with Gasteiger partial charge in [0.1, 0.15) is 5.17 Å². The number of carbonyl (C=O) groups is 1. The van der Waals surface area contributed by atoms with Gasteiger partial charge in [0, 0.05) is 38.3 Å². The monoisotopic (exact) mass is 716 g/mol. The molecule has 5 unspecified atom stereocenters. The molecule has 1 fully saturated rings. The number of amides is 1. The second-order valence-electron chi connectivity index (χ2n) is 10.7. The minimum absolute atomic E-state index is 0.00984. The molecule has 1 amide bonds. The molecule has 4 rings (SSSR count). The van der Waals surface area contributed by atoms with Crippen molar-refractivity contribution in [2.75, 3.05) is 20.1 Å². The highest BCUT2D eigenvalue weighted by Crippen LogP contribution is 2.55. The van der Waals surface area contributed by atoms with Gasteiger partial charge in [0.15, 0.2) is 12.1 Å². The minimum Gasteiger partial charge on any atom is -0.360 e. The maximum Gasteiger partial charge on any atom is 0.460 e. The number of rotatable bonds is 8. The SMILES string of the molecule is CN1N=C(OS(=O)(=O)C(F)(F)C(F)(F)C(F)(F)C(F)(F)F)C(C(F)(F)F)C1N1CC(C2CN=C(Cl)C(C(=O)NC3CC3)C2)C=N1. The number of halogens is 13. The summed E-state index contributed by atoms with van der Waals surface area (Å²) in [4.78, 5) is 16.6. The van der Waals surface area contributed by atoms with Crippen LogP contribution in [0.2, 0.25) is 0 Å². The summed E-state index contributed by atoms with van der Waals surface area (Å²) < 4.78 is 189. The molecule has 1 saturated carbocycles. The molecule has 1 aliphatic carbocycles. The Balaban J connectivity index is 1.53. The summed E-state index contributed by atoms with van der Waals surface area (Å²) in [5, 5.41) is 3.15. The van der Waals surface area contributed by atoms with Crippen molar-refractivity contribution < 1.29 is 70.1 Å². The standard InChI is InChI=1S/C21H21ClF12N6O4S/c1-39-16(40-7-9(6-36-40)8-4-11(13(22)35-5-8)14(41)37-10-2-3-10)12(17(23,24)25)15(38-39)44-45(42,43)21(33,34)19(28,29)18(26,27)20(30,31)32/h6,8-12,16H,2-5,7H2,1H3,(H,37,41). The van der Waals surface area contributed by atoms with Crippen LogP contribution in [-0.2, 0) is 19.1 Å². The predicted octanol–water partition coefficient (Wildman–Crippen LogP) is 3.99. The topological polar surface area (TPSA) is 116 Å². The fourth-order valence-corrected chi connectivity index (χ4v) is 5.98. The van der Waals surface area contributed by atoms with Gasteiger partial charge >= 0.3 is 39.6 Å². The van der Waals surface area contributed by atoms with Gasteiger partial charge in [-0.2, -0.15) is 66.2 Å². The van der Waals surface area contributed by atoms with Gasteiger partial charge < -0.3 is 9.50 Å². The van der Waals surface area contributed by atoms with E-state index in [0.717, 1.165) is 19.9 Å². The van der Waals surface area contributed by atoms with Gasteiger partial charge in [0.2, 0.25) is 11.8 Å². The third kappa shape index (κ3) is 6.21. The highest BCUT2D eigenvalue weighted by atomic mass is 35.5. The number of hydrazone groups is 2. The number of nitrogens with zero attached hydrogens (tertiary/aromatic N) is 5. The maximum atomic E-state index is 14.1. The molecule has 0 aromatic heterocycles. The Kier molecular flexibility index (Phi) is 8.76. The molecular formula is C21H21ClF12N6O4S. The minimum atomic E-state index is -7.74. The largest absolute Gasteiger partial charge is 0.460 e. The van der Waals surface area contributed by atoms with Crippen LogP contribution in [0.1, 0.15) is 19.3 Å². The fourth-order valence-electron chi connectivity index (χ4n) is 4.82. The van der Waals surface area contributed by atoms with Crippen molar-refractivity contribution in [1.82, 2.24) is 15.3 Å². The van der Waals surface area contributed by atoms with Crippen molar-refractivity contribution in [3.8, 4) is 0 Å². The fraction of sp³-hybridized carbons (Fsp3) is 0.810. The average Bonchev–Trinajstić information content (AvgIpc) is 3.45. The number of alkyl halides is 12. The molecule has 3 heterocycles. The van der Waals surface area contributed by atoms with E-state index < -0.39 is 87.8 Å². The Labute approximate surface area is 250 Å². The van der Waals surface area contributed by atoms with E-state index in [1.54, 1.807) is 0 Å². The molecule has 0 radical (unpaired) electrons. The summed E-state index contributed by atoms with van der Waals surface area (Å²) in [5.41, 5.74) is 0. The van der Waals surface area contributed by atoms with Gasteiger partial charge in [-0.25, -0.2) is 0 Å². The quantitative estimate of drug-likeness (QED) is 0.300. The van der Waals surface area contributed by atoms with E-state index in [1.807, 2.05) is 0 Å². The Morgan fingerprint density at radius 2 is 1.62 bits per heavy atom. The van der Waals surface area contributed by atoms with E-state index in [9.17, 15) is 65.9 Å². The molecule has 0 bridgehead atoms. The summed E-state index contributed by atoms with van der Waals surface area (Å²) in [5.74, 6) is -23.5. The van der Waals surface area contributed by atoms with Crippen LogP contribution in [-0.4, -0.2) is 103 Å². The molecule has 3 aliphatic heterocycles. The van der Waals surface area contributed by atoms with Crippen molar-refractivity contribution >= 4 is 44.9 Å². The molecule has 45 heavy (non-hydrogen) atoms. The second-order valence-corrected chi connectivity index (χ2v) is 12.7. The first-order valence-corrected chi connectivity index (χ1v) is 14.4. The van der Waals surface area contributed by atoms with E-state index in [2.05, 4.69) is 24.7 Å². The Bertz CT molecular complexity index is 1380. The van der Waals surface area contributed by atoms with Crippen LogP contribution in [0.4, 0.5) is 52.7 Å². The zero-order valence-corrected chi connectivity index (χ0v) is 23.8. The van der Waals surface area contributed by atoms with Crippen LogP contribution in [0.25, 0.3) is 0 Å². The highest BCUT2D eigenvalue weighted by Gasteiger charge is 2.86. The zero-order valence-electron chi connectivity index (χ0n) is 22.3. The Morgan fingerprint density at radius 1 is 1.02 bits per heavy atom. The summed E-state index contributed by atoms with van der Waals surface area (Å²) in [6.07, 6.45) is -12.5. The van der Waals surface area contributed by atoms with Crippen molar-refractivity contribution in [3.05, 3.63) is 0 Å². The van der Waals surface area contributed by atoms with E-state index in [1.165, 1.54) is 6.21 Å².